The fraction of sp³-hybridized carbons (Fsp3) is 0.455. The van der Waals surface area contributed by atoms with Crippen molar-refractivity contribution in [1.82, 2.24) is 0 Å². The fourth-order valence-corrected chi connectivity index (χ4v) is 1.27. The highest BCUT2D eigenvalue weighted by Gasteiger charge is 2.10. The van der Waals surface area contributed by atoms with E-state index in [2.05, 4.69) is 17.0 Å². The summed E-state index contributed by atoms with van der Waals surface area (Å²) in [6.07, 6.45) is 2.00. The van der Waals surface area contributed by atoms with Gasteiger partial charge in [0.1, 0.15) is 0 Å². The molecule has 0 atom stereocenters. The lowest BCUT2D eigenvalue weighted by Gasteiger charge is -2.08. The van der Waals surface area contributed by atoms with Crippen molar-refractivity contribution in [2.75, 3.05) is 19.0 Å². The van der Waals surface area contributed by atoms with Gasteiger partial charge in [-0.3, -0.25) is 0 Å². The van der Waals surface area contributed by atoms with Crippen LogP contribution < -0.4 is 10.1 Å². The van der Waals surface area contributed by atoms with Crippen LogP contribution in [0.1, 0.15) is 19.8 Å². The molecule has 0 saturated heterocycles. The number of unbranched alkanes of at least 4 members (excludes halogenated alkanes) is 1. The number of nitrogens with one attached hydrogen (secondary N) is 1. The molecule has 0 radical (unpaired) electrons. The lowest BCUT2D eigenvalue weighted by Crippen LogP contribution is -2.02. The first-order valence-corrected chi connectivity index (χ1v) is 4.96. The van der Waals surface area contributed by atoms with E-state index >= 15 is 0 Å². The van der Waals surface area contributed by atoms with Crippen molar-refractivity contribution in [3.63, 3.8) is 0 Å². The highest BCUT2D eigenvalue weighted by atomic mass is 19.1. The number of benzene rings is 1. The second-order valence-electron chi connectivity index (χ2n) is 3.25. The molecule has 0 aliphatic rings. The van der Waals surface area contributed by atoms with Gasteiger partial charge in [0.15, 0.2) is 17.4 Å². The van der Waals surface area contributed by atoms with Crippen LogP contribution in [0.15, 0.2) is 12.1 Å². The van der Waals surface area contributed by atoms with E-state index in [9.17, 15) is 8.78 Å². The molecular formula is C11H15F2NO. The summed E-state index contributed by atoms with van der Waals surface area (Å²) >= 11 is 0. The minimum atomic E-state index is -0.684. The molecule has 84 valence electrons. The minimum absolute atomic E-state index is 0.337. The summed E-state index contributed by atoms with van der Waals surface area (Å²) in [5, 5.41) is 2.94. The molecule has 0 aliphatic heterocycles. The lowest BCUT2D eigenvalue weighted by molar-refractivity contribution is 0.360. The highest BCUT2D eigenvalue weighted by Crippen LogP contribution is 2.25. The Morgan fingerprint density at radius 3 is 2.33 bits per heavy atom. The molecular weight excluding hydrogens is 200 g/mol. The average Bonchev–Trinajstić information content (AvgIpc) is 2.18. The Morgan fingerprint density at radius 1 is 1.27 bits per heavy atom. The molecule has 0 saturated carbocycles. The number of methoxy groups -OCH3 is 1. The first-order chi connectivity index (χ1) is 7.19. The van der Waals surface area contributed by atoms with Crippen LogP contribution in [0.3, 0.4) is 0 Å². The third kappa shape index (κ3) is 3.08. The summed E-state index contributed by atoms with van der Waals surface area (Å²) < 4.78 is 31.0. The largest absolute Gasteiger partial charge is 0.491 e. The molecule has 0 spiro atoms. The van der Waals surface area contributed by atoms with Crippen molar-refractivity contribution >= 4 is 5.69 Å². The summed E-state index contributed by atoms with van der Waals surface area (Å²) in [6, 6.07) is 2.47. The Balaban J connectivity index is 2.75. The number of ether oxygens (including phenoxy) is 1. The van der Waals surface area contributed by atoms with Gasteiger partial charge in [0.05, 0.1) is 7.11 Å². The van der Waals surface area contributed by atoms with Gasteiger partial charge in [-0.05, 0) is 6.42 Å². The van der Waals surface area contributed by atoms with Gasteiger partial charge < -0.3 is 10.1 Å². The predicted octanol–water partition coefficient (Wildman–Crippen LogP) is 3.19. The fourth-order valence-electron chi connectivity index (χ4n) is 1.27. The maximum absolute atomic E-state index is 13.2. The smallest absolute Gasteiger partial charge is 0.190 e. The Bertz CT molecular complexity index is 305. The zero-order chi connectivity index (χ0) is 11.3. The Labute approximate surface area is 88.3 Å². The normalized spacial score (nSPS) is 10.1. The van der Waals surface area contributed by atoms with Crippen molar-refractivity contribution in [3.05, 3.63) is 23.8 Å². The highest BCUT2D eigenvalue weighted by molar-refractivity contribution is 5.48. The van der Waals surface area contributed by atoms with E-state index in [4.69, 9.17) is 0 Å². The van der Waals surface area contributed by atoms with Gasteiger partial charge in [0.2, 0.25) is 0 Å². The maximum Gasteiger partial charge on any atom is 0.190 e. The molecule has 1 N–H and O–H groups in total. The first kappa shape index (κ1) is 11.8. The van der Waals surface area contributed by atoms with Crippen LogP contribution in [-0.2, 0) is 0 Å². The van der Waals surface area contributed by atoms with E-state index in [-0.39, 0.29) is 5.75 Å². The number of halogens is 2. The zero-order valence-corrected chi connectivity index (χ0v) is 8.94. The van der Waals surface area contributed by atoms with Gasteiger partial charge >= 0.3 is 0 Å². The maximum atomic E-state index is 13.2. The average molecular weight is 215 g/mol. The van der Waals surface area contributed by atoms with Crippen molar-refractivity contribution in [1.29, 1.82) is 0 Å². The number of rotatable bonds is 5. The second-order valence-corrected chi connectivity index (χ2v) is 3.25. The molecule has 0 unspecified atom stereocenters. The molecule has 15 heavy (non-hydrogen) atoms. The molecule has 0 aromatic heterocycles. The van der Waals surface area contributed by atoms with Gasteiger partial charge in [-0.1, -0.05) is 13.3 Å². The van der Waals surface area contributed by atoms with Crippen LogP contribution >= 0.6 is 0 Å². The molecule has 0 amide bonds. The molecule has 1 rings (SSSR count). The number of anilines is 1. The van der Waals surface area contributed by atoms with Crippen LogP contribution in [0.4, 0.5) is 14.5 Å². The number of hydrogen-bond acceptors (Lipinski definition) is 2. The Morgan fingerprint density at radius 2 is 1.87 bits per heavy atom. The van der Waals surface area contributed by atoms with Crippen LogP contribution in [0.2, 0.25) is 0 Å². The van der Waals surface area contributed by atoms with Gasteiger partial charge in [0.25, 0.3) is 0 Å². The van der Waals surface area contributed by atoms with Crippen molar-refractivity contribution < 1.29 is 13.5 Å². The summed E-state index contributed by atoms with van der Waals surface area (Å²) in [6.45, 7) is 2.76. The standard InChI is InChI=1S/C11H15F2NO/c1-3-4-5-14-8-6-9(12)11(15-2)10(13)7-8/h6-7,14H,3-5H2,1-2H3. The van der Waals surface area contributed by atoms with E-state index in [1.54, 1.807) is 0 Å². The van der Waals surface area contributed by atoms with Crippen LogP contribution in [-0.4, -0.2) is 13.7 Å². The molecule has 0 fully saturated rings. The third-order valence-corrected chi connectivity index (χ3v) is 2.06. The summed E-state index contributed by atoms with van der Waals surface area (Å²) in [7, 11) is 1.24. The lowest BCUT2D eigenvalue weighted by atomic mass is 10.2. The summed E-state index contributed by atoms with van der Waals surface area (Å²) in [4.78, 5) is 0. The van der Waals surface area contributed by atoms with Crippen LogP contribution in [0, 0.1) is 11.6 Å². The summed E-state index contributed by atoms with van der Waals surface area (Å²) in [5.74, 6) is -1.70. The second kappa shape index (κ2) is 5.53. The Kier molecular flexibility index (Phi) is 4.34. The van der Waals surface area contributed by atoms with Gasteiger partial charge in [-0.15, -0.1) is 0 Å². The van der Waals surface area contributed by atoms with Gasteiger partial charge in [-0.2, -0.15) is 0 Å². The molecule has 1 aromatic carbocycles. The first-order valence-electron chi connectivity index (χ1n) is 4.96. The quantitative estimate of drug-likeness (QED) is 0.761. The molecule has 1 aromatic rings. The summed E-state index contributed by atoms with van der Waals surface area (Å²) in [5.41, 5.74) is 0.444. The molecule has 0 heterocycles. The van der Waals surface area contributed by atoms with E-state index in [1.807, 2.05) is 0 Å². The topological polar surface area (TPSA) is 21.3 Å². The predicted molar refractivity (Wildman–Crippen MR) is 56.3 cm³/mol. The van der Waals surface area contributed by atoms with E-state index in [0.29, 0.717) is 12.2 Å². The van der Waals surface area contributed by atoms with Crippen molar-refractivity contribution in [2.24, 2.45) is 0 Å². The van der Waals surface area contributed by atoms with E-state index < -0.39 is 11.6 Å². The monoisotopic (exact) mass is 215 g/mol. The van der Waals surface area contributed by atoms with E-state index in [1.165, 1.54) is 19.2 Å². The van der Waals surface area contributed by atoms with Crippen molar-refractivity contribution in [3.8, 4) is 5.75 Å². The van der Waals surface area contributed by atoms with E-state index in [0.717, 1.165) is 12.8 Å². The Hall–Kier alpha value is -1.32. The SMILES string of the molecule is CCCCNc1cc(F)c(OC)c(F)c1. The molecule has 2 nitrogen and oxygen atoms in total. The molecule has 0 bridgehead atoms. The number of hydrogen-bond donors (Lipinski definition) is 1. The minimum Gasteiger partial charge on any atom is -0.491 e. The third-order valence-electron chi connectivity index (χ3n) is 2.06. The van der Waals surface area contributed by atoms with Gasteiger partial charge in [-0.25, -0.2) is 8.78 Å². The van der Waals surface area contributed by atoms with Crippen molar-refractivity contribution in [2.45, 2.75) is 19.8 Å². The van der Waals surface area contributed by atoms with Gasteiger partial charge in [0, 0.05) is 24.4 Å². The molecule has 0 aliphatic carbocycles. The van der Waals surface area contributed by atoms with Crippen LogP contribution in [0.25, 0.3) is 0 Å². The zero-order valence-electron chi connectivity index (χ0n) is 8.94. The van der Waals surface area contributed by atoms with Crippen LogP contribution in [0.5, 0.6) is 5.75 Å². The molecule has 4 heteroatoms.